The molecule has 0 aliphatic carbocycles. The van der Waals surface area contributed by atoms with Crippen LogP contribution in [0.25, 0.3) is 0 Å². The molecule has 1 heterocycles. The Morgan fingerprint density at radius 2 is 1.67 bits per heavy atom. The molecule has 2 aromatic rings. The molecule has 0 aromatic heterocycles. The first-order valence-electron chi connectivity index (χ1n) is 9.41. The second-order valence-corrected chi connectivity index (χ2v) is 7.66. The molecule has 1 aliphatic heterocycles. The molecule has 9 heteroatoms. The van der Waals surface area contributed by atoms with E-state index in [2.05, 4.69) is 5.32 Å². The molecule has 0 spiro atoms. The number of hydrogen-bond donors (Lipinski definition) is 1. The molecule has 30 heavy (non-hydrogen) atoms. The normalized spacial score (nSPS) is 13.8. The number of halogens is 3. The molecule has 1 saturated heterocycles. The van der Waals surface area contributed by atoms with Crippen LogP contribution in [0.15, 0.2) is 42.5 Å². The summed E-state index contributed by atoms with van der Waals surface area (Å²) in [7, 11) is 0. The van der Waals surface area contributed by atoms with Gasteiger partial charge in [-0.05, 0) is 36.4 Å². The highest BCUT2D eigenvalue weighted by Gasteiger charge is 2.25. The summed E-state index contributed by atoms with van der Waals surface area (Å²) in [5, 5.41) is 3.12. The number of rotatable bonds is 5. The van der Waals surface area contributed by atoms with Crippen LogP contribution in [0, 0.1) is 5.82 Å². The maximum atomic E-state index is 13.1. The summed E-state index contributed by atoms with van der Waals surface area (Å²) in [6.45, 7) is 1.82. The molecular formula is C21H20Cl2FN3O3. The van der Waals surface area contributed by atoms with Crippen LogP contribution in [0.1, 0.15) is 27.1 Å². The van der Waals surface area contributed by atoms with Gasteiger partial charge in [0.2, 0.25) is 5.91 Å². The zero-order chi connectivity index (χ0) is 21.7. The van der Waals surface area contributed by atoms with Gasteiger partial charge in [-0.25, -0.2) is 4.39 Å². The highest BCUT2D eigenvalue weighted by molar-refractivity contribution is 6.33. The van der Waals surface area contributed by atoms with E-state index in [0.717, 1.165) is 12.1 Å². The Hall–Kier alpha value is -2.64. The summed E-state index contributed by atoms with van der Waals surface area (Å²) in [4.78, 5) is 40.4. The van der Waals surface area contributed by atoms with Gasteiger partial charge in [0.25, 0.3) is 11.8 Å². The van der Waals surface area contributed by atoms with Crippen molar-refractivity contribution in [3.05, 3.63) is 69.5 Å². The van der Waals surface area contributed by atoms with E-state index in [1.807, 2.05) is 0 Å². The van der Waals surface area contributed by atoms with Gasteiger partial charge in [0, 0.05) is 49.7 Å². The van der Waals surface area contributed by atoms with Crippen LogP contribution in [0.4, 0.5) is 4.39 Å². The van der Waals surface area contributed by atoms with E-state index in [9.17, 15) is 18.8 Å². The van der Waals surface area contributed by atoms with Gasteiger partial charge in [0.1, 0.15) is 5.82 Å². The molecule has 0 unspecified atom stereocenters. The van der Waals surface area contributed by atoms with Crippen LogP contribution < -0.4 is 5.32 Å². The molecule has 6 nitrogen and oxygen atoms in total. The van der Waals surface area contributed by atoms with Crippen molar-refractivity contribution in [2.75, 3.05) is 32.7 Å². The van der Waals surface area contributed by atoms with Crippen molar-refractivity contribution >= 4 is 40.9 Å². The Bertz CT molecular complexity index is 962. The van der Waals surface area contributed by atoms with Crippen molar-refractivity contribution in [3.8, 4) is 0 Å². The van der Waals surface area contributed by atoms with E-state index < -0.39 is 11.7 Å². The van der Waals surface area contributed by atoms with Gasteiger partial charge in [-0.15, -0.1) is 0 Å². The minimum absolute atomic E-state index is 0.0133. The lowest BCUT2D eigenvalue weighted by Gasteiger charge is -2.35. The minimum atomic E-state index is -0.528. The summed E-state index contributed by atoms with van der Waals surface area (Å²) in [5.41, 5.74) is 0.670. The smallest absolute Gasteiger partial charge is 0.254 e. The Morgan fingerprint density at radius 1 is 0.967 bits per heavy atom. The monoisotopic (exact) mass is 451 g/mol. The first-order chi connectivity index (χ1) is 14.3. The van der Waals surface area contributed by atoms with Crippen molar-refractivity contribution in [2.45, 2.75) is 6.42 Å². The zero-order valence-electron chi connectivity index (χ0n) is 16.0. The lowest BCUT2D eigenvalue weighted by molar-refractivity contribution is -0.132. The molecule has 2 aromatic carbocycles. The van der Waals surface area contributed by atoms with Gasteiger partial charge < -0.3 is 15.1 Å². The third kappa shape index (κ3) is 5.49. The van der Waals surface area contributed by atoms with Crippen LogP contribution in [0.5, 0.6) is 0 Å². The molecule has 1 N–H and O–H groups in total. The van der Waals surface area contributed by atoms with Crippen LogP contribution in [0.3, 0.4) is 0 Å². The maximum Gasteiger partial charge on any atom is 0.254 e. The van der Waals surface area contributed by atoms with E-state index >= 15 is 0 Å². The van der Waals surface area contributed by atoms with Gasteiger partial charge in [-0.3, -0.25) is 14.4 Å². The average Bonchev–Trinajstić information content (AvgIpc) is 2.73. The lowest BCUT2D eigenvalue weighted by Crippen LogP contribution is -2.51. The number of carbonyl (C=O) groups is 3. The molecule has 3 rings (SSSR count). The molecule has 1 aliphatic rings. The third-order valence-electron chi connectivity index (χ3n) is 4.79. The Kier molecular flexibility index (Phi) is 7.29. The lowest BCUT2D eigenvalue weighted by atomic mass is 10.1. The maximum absolute atomic E-state index is 13.1. The van der Waals surface area contributed by atoms with Crippen molar-refractivity contribution < 1.29 is 18.8 Å². The van der Waals surface area contributed by atoms with E-state index in [0.29, 0.717) is 36.8 Å². The van der Waals surface area contributed by atoms with Crippen LogP contribution >= 0.6 is 23.2 Å². The van der Waals surface area contributed by atoms with E-state index in [1.165, 1.54) is 6.07 Å². The Morgan fingerprint density at radius 3 is 2.33 bits per heavy atom. The number of carbonyl (C=O) groups excluding carboxylic acids is 3. The Balaban J connectivity index is 1.44. The number of benzene rings is 2. The van der Waals surface area contributed by atoms with E-state index in [-0.39, 0.29) is 35.4 Å². The quantitative estimate of drug-likeness (QED) is 0.758. The molecule has 0 bridgehead atoms. The van der Waals surface area contributed by atoms with Crippen molar-refractivity contribution in [2.24, 2.45) is 0 Å². The average molecular weight is 452 g/mol. The fraction of sp³-hybridized carbons (Fsp3) is 0.286. The highest BCUT2D eigenvalue weighted by atomic mass is 35.5. The summed E-state index contributed by atoms with van der Waals surface area (Å²) >= 11 is 11.8. The molecule has 158 valence electrons. The second-order valence-electron chi connectivity index (χ2n) is 6.81. The molecular weight excluding hydrogens is 432 g/mol. The third-order valence-corrected chi connectivity index (χ3v) is 5.34. The van der Waals surface area contributed by atoms with Crippen LogP contribution in [0.2, 0.25) is 10.0 Å². The largest absolute Gasteiger partial charge is 0.351 e. The SMILES string of the molecule is O=C(NCCC(=O)N1CCN(C(=O)c2cccc(Cl)c2)CC1)c1ccc(F)cc1Cl. The van der Waals surface area contributed by atoms with Crippen molar-refractivity contribution in [3.63, 3.8) is 0 Å². The molecule has 0 atom stereocenters. The fourth-order valence-corrected chi connectivity index (χ4v) is 3.62. The van der Waals surface area contributed by atoms with Gasteiger partial charge in [-0.2, -0.15) is 0 Å². The van der Waals surface area contributed by atoms with Gasteiger partial charge in [-0.1, -0.05) is 29.3 Å². The summed E-state index contributed by atoms with van der Waals surface area (Å²) < 4.78 is 13.1. The predicted octanol–water partition coefficient (Wildman–Crippen LogP) is 3.24. The number of hydrogen-bond acceptors (Lipinski definition) is 3. The summed E-state index contributed by atoms with van der Waals surface area (Å²) in [5.74, 6) is -1.23. The molecule has 0 saturated carbocycles. The number of amides is 3. The van der Waals surface area contributed by atoms with Gasteiger partial charge >= 0.3 is 0 Å². The first-order valence-corrected chi connectivity index (χ1v) is 10.2. The first kappa shape index (κ1) is 22.1. The van der Waals surface area contributed by atoms with Crippen LogP contribution in [-0.4, -0.2) is 60.2 Å². The van der Waals surface area contributed by atoms with Crippen molar-refractivity contribution in [1.82, 2.24) is 15.1 Å². The van der Waals surface area contributed by atoms with E-state index in [1.54, 1.807) is 34.1 Å². The number of nitrogens with one attached hydrogen (secondary N) is 1. The van der Waals surface area contributed by atoms with E-state index in [4.69, 9.17) is 23.2 Å². The molecule has 1 fully saturated rings. The molecule has 3 amide bonds. The topological polar surface area (TPSA) is 69.7 Å². The predicted molar refractivity (Wildman–Crippen MR) is 112 cm³/mol. The van der Waals surface area contributed by atoms with Gasteiger partial charge in [0.15, 0.2) is 0 Å². The summed E-state index contributed by atoms with van der Waals surface area (Å²) in [6.07, 6.45) is 0.118. The fourth-order valence-electron chi connectivity index (χ4n) is 3.17. The second kappa shape index (κ2) is 9.91. The molecule has 0 radical (unpaired) electrons. The standard InChI is InChI=1S/C21H20Cl2FN3O3/c22-15-3-1-2-14(12-15)21(30)27-10-8-26(9-11-27)19(28)6-7-25-20(29)17-5-4-16(24)13-18(17)23/h1-5,12-13H,6-11H2,(H,25,29). The highest BCUT2D eigenvalue weighted by Crippen LogP contribution is 2.17. The van der Waals surface area contributed by atoms with Crippen molar-refractivity contribution in [1.29, 1.82) is 0 Å². The Labute approximate surface area is 183 Å². The number of piperazine rings is 1. The minimum Gasteiger partial charge on any atom is -0.351 e. The summed E-state index contributed by atoms with van der Waals surface area (Å²) in [6, 6.07) is 10.3. The van der Waals surface area contributed by atoms with Gasteiger partial charge in [0.05, 0.1) is 10.6 Å². The van der Waals surface area contributed by atoms with Crippen LogP contribution in [-0.2, 0) is 4.79 Å². The number of nitrogens with zero attached hydrogens (tertiary/aromatic N) is 2. The zero-order valence-corrected chi connectivity index (χ0v) is 17.5.